The van der Waals surface area contributed by atoms with Crippen LogP contribution in [0.3, 0.4) is 0 Å². The van der Waals surface area contributed by atoms with Gasteiger partial charge >= 0.3 is 0 Å². The molecule has 2 heterocycles. The lowest BCUT2D eigenvalue weighted by atomic mass is 10.3. The molecule has 60 valence electrons. The molecule has 0 aliphatic rings. The van der Waals surface area contributed by atoms with E-state index in [9.17, 15) is 5.11 Å². The Balaban J connectivity index is 2.45. The average molecular weight is 162 g/mol. The van der Waals surface area contributed by atoms with E-state index in [1.807, 2.05) is 0 Å². The third-order valence-corrected chi connectivity index (χ3v) is 1.33. The van der Waals surface area contributed by atoms with Gasteiger partial charge in [0.15, 0.2) is 6.08 Å². The van der Waals surface area contributed by atoms with Crippen molar-refractivity contribution in [2.75, 3.05) is 0 Å². The molecule has 0 spiro atoms. The Bertz CT molecular complexity index is 371. The van der Waals surface area contributed by atoms with Crippen molar-refractivity contribution in [3.8, 4) is 17.5 Å². The quantitative estimate of drug-likeness (QED) is 0.598. The summed E-state index contributed by atoms with van der Waals surface area (Å²) in [6.07, 6.45) is 2.50. The fourth-order valence-corrected chi connectivity index (χ4v) is 0.821. The molecule has 12 heavy (non-hydrogen) atoms. The second kappa shape index (κ2) is 2.61. The third-order valence-electron chi connectivity index (χ3n) is 1.33. The molecule has 2 rings (SSSR count). The van der Waals surface area contributed by atoms with Crippen LogP contribution in [0.15, 0.2) is 28.9 Å². The maximum absolute atomic E-state index is 10.5. The lowest BCUT2D eigenvalue weighted by Crippen LogP contribution is -1.86. The summed E-state index contributed by atoms with van der Waals surface area (Å²) in [7, 11) is 0. The molecule has 0 atom stereocenters. The fourth-order valence-electron chi connectivity index (χ4n) is 0.821. The van der Waals surface area contributed by atoms with Crippen LogP contribution in [0.2, 0.25) is 0 Å². The summed E-state index contributed by atoms with van der Waals surface area (Å²) in [6, 6.07) is 3.37. The zero-order chi connectivity index (χ0) is 8.39. The van der Waals surface area contributed by atoms with Crippen LogP contribution in [0.1, 0.15) is 0 Å². The fraction of sp³-hybridized carbons (Fsp3) is 0. The van der Waals surface area contributed by atoms with Crippen molar-refractivity contribution in [1.82, 2.24) is 15.2 Å². The lowest BCUT2D eigenvalue weighted by molar-refractivity contribution is -0.300. The predicted octanol–water partition coefficient (Wildman–Crippen LogP) is 0.205. The van der Waals surface area contributed by atoms with Gasteiger partial charge in [-0.05, 0) is 12.1 Å². The van der Waals surface area contributed by atoms with Crippen LogP contribution in [0.5, 0.6) is 6.08 Å². The van der Waals surface area contributed by atoms with Gasteiger partial charge in [0.25, 0.3) is 0 Å². The Hall–Kier alpha value is -1.91. The smallest absolute Gasteiger partial charge is 0.180 e. The molecular weight excluding hydrogens is 158 g/mol. The van der Waals surface area contributed by atoms with Crippen molar-refractivity contribution in [3.05, 3.63) is 24.5 Å². The third kappa shape index (κ3) is 1.12. The van der Waals surface area contributed by atoms with Crippen LogP contribution in [-0.4, -0.2) is 15.2 Å². The van der Waals surface area contributed by atoms with Gasteiger partial charge in [0.2, 0.25) is 0 Å². The van der Waals surface area contributed by atoms with Gasteiger partial charge in [-0.2, -0.15) is 0 Å². The number of pyridine rings is 1. The van der Waals surface area contributed by atoms with E-state index in [1.54, 1.807) is 24.5 Å². The van der Waals surface area contributed by atoms with E-state index < -0.39 is 6.08 Å². The summed E-state index contributed by atoms with van der Waals surface area (Å²) in [5.41, 5.74) is 0.694. The molecule has 0 aliphatic carbocycles. The van der Waals surface area contributed by atoms with Crippen molar-refractivity contribution >= 4 is 0 Å². The summed E-state index contributed by atoms with van der Waals surface area (Å²) in [5.74, 6) is 0.224. The van der Waals surface area contributed by atoms with Gasteiger partial charge in [-0.25, -0.2) is 0 Å². The van der Waals surface area contributed by atoms with Crippen LogP contribution in [0.25, 0.3) is 11.5 Å². The van der Waals surface area contributed by atoms with Gasteiger partial charge in [0.1, 0.15) is 5.89 Å². The van der Waals surface area contributed by atoms with E-state index in [-0.39, 0.29) is 5.89 Å². The van der Waals surface area contributed by atoms with Crippen molar-refractivity contribution in [3.63, 3.8) is 0 Å². The van der Waals surface area contributed by atoms with E-state index in [2.05, 4.69) is 19.6 Å². The zero-order valence-corrected chi connectivity index (χ0v) is 5.97. The highest BCUT2D eigenvalue weighted by Gasteiger charge is 1.96. The Labute approximate surface area is 67.7 Å². The van der Waals surface area contributed by atoms with Gasteiger partial charge in [0, 0.05) is 18.0 Å². The summed E-state index contributed by atoms with van der Waals surface area (Å²) >= 11 is 0. The molecule has 0 radical (unpaired) electrons. The molecule has 0 aromatic carbocycles. The first-order chi connectivity index (χ1) is 5.86. The molecule has 5 heteroatoms. The van der Waals surface area contributed by atoms with Crippen molar-refractivity contribution in [1.29, 1.82) is 0 Å². The molecule has 0 saturated heterocycles. The Morgan fingerprint density at radius 1 is 1.17 bits per heavy atom. The van der Waals surface area contributed by atoms with Gasteiger partial charge in [-0.1, -0.05) is 0 Å². The number of hydrogen-bond acceptors (Lipinski definition) is 5. The van der Waals surface area contributed by atoms with Gasteiger partial charge in [-0.3, -0.25) is 4.98 Å². The monoisotopic (exact) mass is 162 g/mol. The molecule has 2 aromatic rings. The van der Waals surface area contributed by atoms with Crippen LogP contribution in [0.4, 0.5) is 0 Å². The van der Waals surface area contributed by atoms with Crippen LogP contribution >= 0.6 is 0 Å². The zero-order valence-electron chi connectivity index (χ0n) is 5.97. The van der Waals surface area contributed by atoms with E-state index in [1.165, 1.54) is 0 Å². The maximum Gasteiger partial charge on any atom is 0.180 e. The number of aromatic nitrogens is 3. The first-order valence-corrected chi connectivity index (χ1v) is 3.27. The van der Waals surface area contributed by atoms with E-state index in [4.69, 9.17) is 0 Å². The summed E-state index contributed by atoms with van der Waals surface area (Å²) in [4.78, 5) is 3.81. The predicted molar refractivity (Wildman–Crippen MR) is 37.0 cm³/mol. The van der Waals surface area contributed by atoms with Gasteiger partial charge in [0.05, 0.1) is 0 Å². The van der Waals surface area contributed by atoms with Crippen LogP contribution < -0.4 is 5.11 Å². The van der Waals surface area contributed by atoms with Crippen molar-refractivity contribution in [2.45, 2.75) is 0 Å². The standard InChI is InChI=1S/C7H5N3O2/c11-7-10-9-6(12-7)5-1-3-8-4-2-5/h1-4H,(H,10,11)/p-1. The Kier molecular flexibility index (Phi) is 1.48. The lowest BCUT2D eigenvalue weighted by Gasteiger charge is -1.95. The Morgan fingerprint density at radius 3 is 2.50 bits per heavy atom. The SMILES string of the molecule is [O-]c1nnc(-c2ccncc2)o1. The molecule has 0 aliphatic heterocycles. The molecule has 0 unspecified atom stereocenters. The molecule has 0 amide bonds. The van der Waals surface area contributed by atoms with E-state index in [0.29, 0.717) is 5.56 Å². The molecule has 2 aromatic heterocycles. The van der Waals surface area contributed by atoms with Crippen LogP contribution in [-0.2, 0) is 0 Å². The topological polar surface area (TPSA) is 74.9 Å². The molecular formula is C7H4N3O2-. The van der Waals surface area contributed by atoms with E-state index in [0.717, 1.165) is 0 Å². The van der Waals surface area contributed by atoms with Gasteiger partial charge < -0.3 is 9.52 Å². The summed E-state index contributed by atoms with van der Waals surface area (Å²) in [5, 5.41) is 17.2. The normalized spacial score (nSPS) is 10.0. The number of hydrogen-bond donors (Lipinski definition) is 0. The average Bonchev–Trinajstić information content (AvgIpc) is 2.54. The van der Waals surface area contributed by atoms with Crippen molar-refractivity contribution in [2.24, 2.45) is 0 Å². The highest BCUT2D eigenvalue weighted by Crippen LogP contribution is 2.16. The summed E-state index contributed by atoms with van der Waals surface area (Å²) < 4.78 is 4.66. The van der Waals surface area contributed by atoms with Crippen molar-refractivity contribution < 1.29 is 9.52 Å². The second-order valence-corrected chi connectivity index (χ2v) is 2.11. The molecule has 0 N–H and O–H groups in total. The molecule has 5 nitrogen and oxygen atoms in total. The highest BCUT2D eigenvalue weighted by atomic mass is 16.5. The first-order valence-electron chi connectivity index (χ1n) is 3.27. The highest BCUT2D eigenvalue weighted by molar-refractivity contribution is 5.50. The second-order valence-electron chi connectivity index (χ2n) is 2.11. The van der Waals surface area contributed by atoms with E-state index >= 15 is 0 Å². The van der Waals surface area contributed by atoms with Crippen LogP contribution in [0, 0.1) is 0 Å². The minimum absolute atomic E-state index is 0.224. The number of nitrogens with zero attached hydrogens (tertiary/aromatic N) is 3. The molecule has 0 fully saturated rings. The Morgan fingerprint density at radius 2 is 1.92 bits per heavy atom. The largest absolute Gasteiger partial charge is 0.548 e. The summed E-state index contributed by atoms with van der Waals surface area (Å²) in [6.45, 7) is 0. The maximum atomic E-state index is 10.5. The van der Waals surface area contributed by atoms with Gasteiger partial charge in [-0.15, -0.1) is 10.2 Å². The molecule has 0 bridgehead atoms. The number of rotatable bonds is 1. The first kappa shape index (κ1) is 6.78. The minimum atomic E-state index is -0.679. The molecule has 0 saturated carbocycles. The minimum Gasteiger partial charge on any atom is -0.548 e.